The Morgan fingerprint density at radius 2 is 1.95 bits per heavy atom. The summed E-state index contributed by atoms with van der Waals surface area (Å²) < 4.78 is 0. The van der Waals surface area contributed by atoms with Crippen molar-refractivity contribution in [2.75, 3.05) is 13.1 Å². The van der Waals surface area contributed by atoms with Crippen LogP contribution in [0.25, 0.3) is 10.9 Å². The number of benzene rings is 1. The number of nitrogens with one attached hydrogen (secondary N) is 3. The average molecular weight is 287 g/mol. The normalized spacial score (nSPS) is 10.5. The van der Waals surface area contributed by atoms with E-state index in [0.29, 0.717) is 13.0 Å². The molecule has 0 aliphatic heterocycles. The number of para-hydroxylation sites is 1. The molecule has 0 unspecified atom stereocenters. The predicted octanol–water partition coefficient (Wildman–Crippen LogP) is 1.74. The Bertz CT molecular complexity index is 619. The molecule has 0 bridgehead atoms. The summed E-state index contributed by atoms with van der Waals surface area (Å²) in [5, 5.41) is 6.60. The maximum atomic E-state index is 11.6. The molecule has 5 nitrogen and oxygen atoms in total. The molecule has 0 aliphatic rings. The van der Waals surface area contributed by atoms with Gasteiger partial charge in [0.2, 0.25) is 11.8 Å². The fourth-order valence-corrected chi connectivity index (χ4v) is 2.23. The van der Waals surface area contributed by atoms with Crippen LogP contribution in [-0.4, -0.2) is 29.9 Å². The first-order valence-electron chi connectivity index (χ1n) is 7.29. The molecule has 0 aliphatic carbocycles. The number of rotatable bonds is 7. The summed E-state index contributed by atoms with van der Waals surface area (Å²) >= 11 is 0. The number of aromatic amines is 1. The molecule has 0 radical (unpaired) electrons. The van der Waals surface area contributed by atoms with Crippen LogP contribution in [0.4, 0.5) is 0 Å². The van der Waals surface area contributed by atoms with Crippen molar-refractivity contribution in [1.82, 2.24) is 15.6 Å². The molecular weight excluding hydrogens is 266 g/mol. The van der Waals surface area contributed by atoms with E-state index in [1.54, 1.807) is 0 Å². The highest BCUT2D eigenvalue weighted by Gasteiger charge is 2.06. The lowest BCUT2D eigenvalue weighted by Crippen LogP contribution is -2.37. The molecule has 1 aromatic carbocycles. The molecular formula is C16H21N3O2. The highest BCUT2D eigenvalue weighted by atomic mass is 16.2. The van der Waals surface area contributed by atoms with Gasteiger partial charge < -0.3 is 15.6 Å². The number of fused-ring (bicyclic) bond motifs is 1. The molecule has 2 amide bonds. The first kappa shape index (κ1) is 15.1. The van der Waals surface area contributed by atoms with E-state index in [0.717, 1.165) is 18.4 Å². The van der Waals surface area contributed by atoms with Gasteiger partial charge in [0.25, 0.3) is 0 Å². The van der Waals surface area contributed by atoms with E-state index in [2.05, 4.69) is 21.7 Å². The first-order valence-corrected chi connectivity index (χ1v) is 7.29. The molecule has 1 heterocycles. The van der Waals surface area contributed by atoms with Gasteiger partial charge >= 0.3 is 0 Å². The Hall–Kier alpha value is -2.30. The minimum absolute atomic E-state index is 0.0483. The highest BCUT2D eigenvalue weighted by molar-refractivity contribution is 5.85. The van der Waals surface area contributed by atoms with Crippen LogP contribution >= 0.6 is 0 Å². The molecule has 0 saturated heterocycles. The number of H-pyrrole nitrogens is 1. The summed E-state index contributed by atoms with van der Waals surface area (Å²) in [7, 11) is 0. The minimum atomic E-state index is -0.153. The standard InChI is InChI=1S/C16H21N3O2/c1-2-5-15(20)19-11-16(21)17-9-8-12-10-18-14-7-4-3-6-13(12)14/h3-4,6-7,10,18H,2,5,8-9,11H2,1H3,(H,17,21)(H,19,20). The second-order valence-electron chi connectivity index (χ2n) is 4.99. The van der Waals surface area contributed by atoms with E-state index >= 15 is 0 Å². The van der Waals surface area contributed by atoms with Crippen molar-refractivity contribution in [3.05, 3.63) is 36.0 Å². The second-order valence-corrected chi connectivity index (χ2v) is 4.99. The fourth-order valence-electron chi connectivity index (χ4n) is 2.23. The lowest BCUT2D eigenvalue weighted by atomic mass is 10.1. The van der Waals surface area contributed by atoms with E-state index in [-0.39, 0.29) is 18.4 Å². The van der Waals surface area contributed by atoms with Crippen LogP contribution in [0.2, 0.25) is 0 Å². The highest BCUT2D eigenvalue weighted by Crippen LogP contribution is 2.17. The molecule has 112 valence electrons. The van der Waals surface area contributed by atoms with E-state index in [1.165, 1.54) is 10.9 Å². The fraction of sp³-hybridized carbons (Fsp3) is 0.375. The third-order valence-corrected chi connectivity index (χ3v) is 3.31. The zero-order valence-corrected chi connectivity index (χ0v) is 12.2. The molecule has 2 rings (SSSR count). The van der Waals surface area contributed by atoms with Crippen molar-refractivity contribution in [3.63, 3.8) is 0 Å². The SMILES string of the molecule is CCCC(=O)NCC(=O)NCCc1c[nH]c2ccccc12. The van der Waals surface area contributed by atoms with Crippen molar-refractivity contribution >= 4 is 22.7 Å². The number of carbonyl (C=O) groups excluding carboxylic acids is 2. The van der Waals surface area contributed by atoms with Crippen LogP contribution in [0, 0.1) is 0 Å². The first-order chi connectivity index (χ1) is 10.2. The lowest BCUT2D eigenvalue weighted by molar-refractivity contribution is -0.126. The third kappa shape index (κ3) is 4.34. The smallest absolute Gasteiger partial charge is 0.239 e. The number of hydrogen-bond donors (Lipinski definition) is 3. The zero-order valence-electron chi connectivity index (χ0n) is 12.2. The maximum absolute atomic E-state index is 11.6. The van der Waals surface area contributed by atoms with Gasteiger partial charge in [-0.2, -0.15) is 0 Å². The number of carbonyl (C=O) groups is 2. The molecule has 1 aromatic heterocycles. The molecule has 0 atom stereocenters. The number of amides is 2. The number of hydrogen-bond acceptors (Lipinski definition) is 2. The van der Waals surface area contributed by atoms with Gasteiger partial charge in [-0.15, -0.1) is 0 Å². The summed E-state index contributed by atoms with van der Waals surface area (Å²) in [6, 6.07) is 8.08. The second kappa shape index (κ2) is 7.47. The molecule has 3 N–H and O–H groups in total. The Morgan fingerprint density at radius 3 is 2.76 bits per heavy atom. The molecule has 0 saturated carbocycles. The summed E-state index contributed by atoms with van der Waals surface area (Å²) in [5.41, 5.74) is 2.28. The van der Waals surface area contributed by atoms with E-state index < -0.39 is 0 Å². The minimum Gasteiger partial charge on any atom is -0.361 e. The van der Waals surface area contributed by atoms with Crippen LogP contribution in [-0.2, 0) is 16.0 Å². The van der Waals surface area contributed by atoms with E-state index in [4.69, 9.17) is 0 Å². The molecule has 0 fully saturated rings. The summed E-state index contributed by atoms with van der Waals surface area (Å²) in [6.45, 7) is 2.54. The quantitative estimate of drug-likeness (QED) is 0.725. The van der Waals surface area contributed by atoms with Crippen molar-refractivity contribution in [2.24, 2.45) is 0 Å². The van der Waals surface area contributed by atoms with Gasteiger partial charge in [0.1, 0.15) is 0 Å². The van der Waals surface area contributed by atoms with Crippen LogP contribution in [0.5, 0.6) is 0 Å². The Morgan fingerprint density at radius 1 is 1.14 bits per heavy atom. The van der Waals surface area contributed by atoms with Crippen LogP contribution in [0.15, 0.2) is 30.5 Å². The van der Waals surface area contributed by atoms with Gasteiger partial charge in [-0.05, 0) is 24.5 Å². The maximum Gasteiger partial charge on any atom is 0.239 e. The Balaban J connectivity index is 1.74. The van der Waals surface area contributed by atoms with Crippen molar-refractivity contribution < 1.29 is 9.59 Å². The molecule has 0 spiro atoms. The zero-order chi connectivity index (χ0) is 15.1. The molecule has 2 aromatic rings. The Kier molecular flexibility index (Phi) is 5.37. The van der Waals surface area contributed by atoms with Gasteiger partial charge in [-0.25, -0.2) is 0 Å². The third-order valence-electron chi connectivity index (χ3n) is 3.31. The van der Waals surface area contributed by atoms with Gasteiger partial charge in [0, 0.05) is 30.1 Å². The number of aromatic nitrogens is 1. The van der Waals surface area contributed by atoms with Gasteiger partial charge in [-0.1, -0.05) is 25.1 Å². The van der Waals surface area contributed by atoms with E-state index in [1.807, 2.05) is 31.3 Å². The van der Waals surface area contributed by atoms with Crippen LogP contribution < -0.4 is 10.6 Å². The largest absolute Gasteiger partial charge is 0.361 e. The van der Waals surface area contributed by atoms with Gasteiger partial charge in [0.15, 0.2) is 0 Å². The van der Waals surface area contributed by atoms with Crippen LogP contribution in [0.1, 0.15) is 25.3 Å². The monoisotopic (exact) mass is 287 g/mol. The Labute approximate surface area is 124 Å². The summed E-state index contributed by atoms with van der Waals surface area (Å²) in [6.07, 6.45) is 3.98. The molecule has 5 heteroatoms. The summed E-state index contributed by atoms with van der Waals surface area (Å²) in [5.74, 6) is -0.233. The van der Waals surface area contributed by atoms with Gasteiger partial charge in [-0.3, -0.25) is 9.59 Å². The van der Waals surface area contributed by atoms with Crippen molar-refractivity contribution in [1.29, 1.82) is 0 Å². The average Bonchev–Trinajstić information content (AvgIpc) is 2.89. The van der Waals surface area contributed by atoms with Gasteiger partial charge in [0.05, 0.1) is 6.54 Å². The van der Waals surface area contributed by atoms with E-state index in [9.17, 15) is 9.59 Å². The molecule has 21 heavy (non-hydrogen) atoms. The van der Waals surface area contributed by atoms with Crippen molar-refractivity contribution in [2.45, 2.75) is 26.2 Å². The summed E-state index contributed by atoms with van der Waals surface area (Å²) in [4.78, 5) is 26.1. The predicted molar refractivity (Wildman–Crippen MR) is 82.9 cm³/mol. The van der Waals surface area contributed by atoms with Crippen molar-refractivity contribution in [3.8, 4) is 0 Å². The topological polar surface area (TPSA) is 74.0 Å². The lowest BCUT2D eigenvalue weighted by Gasteiger charge is -2.06. The van der Waals surface area contributed by atoms with Crippen LogP contribution in [0.3, 0.4) is 0 Å².